The van der Waals surface area contributed by atoms with Crippen molar-refractivity contribution in [3.8, 4) is 11.3 Å². The van der Waals surface area contributed by atoms with Gasteiger partial charge < -0.3 is 4.57 Å². The van der Waals surface area contributed by atoms with Gasteiger partial charge in [0.05, 0.1) is 17.3 Å². The number of aromatic nitrogens is 4. The van der Waals surface area contributed by atoms with Crippen molar-refractivity contribution < 1.29 is 0 Å². The van der Waals surface area contributed by atoms with Gasteiger partial charge in [0.2, 0.25) is 0 Å². The molecule has 1 aliphatic heterocycles. The molecule has 2 aliphatic rings. The van der Waals surface area contributed by atoms with Crippen molar-refractivity contribution in [2.75, 3.05) is 0 Å². The van der Waals surface area contributed by atoms with Gasteiger partial charge >= 0.3 is 0 Å². The van der Waals surface area contributed by atoms with Crippen molar-refractivity contribution in [3.05, 3.63) is 128 Å². The Labute approximate surface area is 383 Å². The van der Waals surface area contributed by atoms with E-state index in [-0.39, 0.29) is 5.43 Å². The van der Waals surface area contributed by atoms with Crippen LogP contribution in [0.15, 0.2) is 117 Å². The topological polar surface area (TPSA) is 52.7 Å². The number of rotatable bonds is 24. The molecule has 3 aromatic heterocycles. The first-order valence-corrected chi connectivity index (χ1v) is 26.3. The normalized spacial score (nSPS) is 11.4. The molecule has 1 unspecified atom stereocenters. The summed E-state index contributed by atoms with van der Waals surface area (Å²) in [6.45, 7) is 10.0. The third kappa shape index (κ3) is 18.3. The molecule has 7 rings (SSSR count). The standard InChI is InChI=1S/C29H41NO.C18H29N3.2C4H4S/c1-3-5-7-9-10-11-12-13-17-24-20-21-28-26(29(24)31)23-25-18-14-15-19-27(25)30(28)22-16-8-6-4-2;1-3-4-5-6-7-8-9-10-13-16(2)21-18-15-12-11-14-17(18)19-20-21;2*1-2-4-5-3-1/h14-15,18-21,23H,3-13,16-17,22H2,1-2H3;11-12,14-16H,3-10,13H2,1-2H3;2*1-4H. The fourth-order valence-corrected chi connectivity index (χ4v) is 9.00. The fraction of sp³-hybridized carbons (Fsp3) is 0.509. The SMILES string of the molecule is CCCCCCCCCCC(C)n1nnc2ccccc21.CCCCCCCCCCc1ccc2n(CCCCCC)c3ccccc3cc-2c1=O.c1ccsc1.c1ccsc1. The molecule has 1 atom stereocenters. The number of aryl methyl sites for hydroxylation is 2. The second-order valence-corrected chi connectivity index (χ2v) is 18.5. The number of para-hydroxylation sites is 2. The number of pyridine rings is 1. The van der Waals surface area contributed by atoms with Crippen LogP contribution in [0.4, 0.5) is 0 Å². The molecule has 62 heavy (non-hydrogen) atoms. The number of thiophene rings is 2. The zero-order valence-electron chi connectivity index (χ0n) is 38.8. The summed E-state index contributed by atoms with van der Waals surface area (Å²) >= 11 is 3.43. The van der Waals surface area contributed by atoms with E-state index in [0.29, 0.717) is 6.04 Å². The molecule has 336 valence electrons. The van der Waals surface area contributed by atoms with Crippen LogP contribution in [0.3, 0.4) is 0 Å². The Bertz CT molecular complexity index is 2070. The van der Waals surface area contributed by atoms with Gasteiger partial charge in [-0.1, -0.05) is 202 Å². The van der Waals surface area contributed by atoms with E-state index in [1.165, 1.54) is 133 Å². The van der Waals surface area contributed by atoms with Gasteiger partial charge in [0.25, 0.3) is 0 Å². The highest BCUT2D eigenvalue weighted by atomic mass is 32.1. The van der Waals surface area contributed by atoms with Crippen LogP contribution in [0.2, 0.25) is 0 Å². The average molecular weight is 875 g/mol. The predicted molar refractivity (Wildman–Crippen MR) is 273 cm³/mol. The molecule has 5 aromatic rings. The highest BCUT2D eigenvalue weighted by molar-refractivity contribution is 7.08. The van der Waals surface area contributed by atoms with Gasteiger partial charge in [-0.2, -0.15) is 22.7 Å². The highest BCUT2D eigenvalue weighted by Crippen LogP contribution is 2.28. The zero-order chi connectivity index (χ0) is 43.9. The first-order valence-electron chi connectivity index (χ1n) is 24.4. The number of benzene rings is 3. The summed E-state index contributed by atoms with van der Waals surface area (Å²) in [5.74, 6) is 0. The lowest BCUT2D eigenvalue weighted by Gasteiger charge is -2.20. The summed E-state index contributed by atoms with van der Waals surface area (Å²) in [5, 5.41) is 17.9. The Kier molecular flexibility index (Phi) is 25.9. The zero-order valence-corrected chi connectivity index (χ0v) is 40.5. The van der Waals surface area contributed by atoms with Gasteiger partial charge in [-0.05, 0) is 89.8 Å². The number of fused-ring (bicyclic) bond motifs is 3. The summed E-state index contributed by atoms with van der Waals surface area (Å²) < 4.78 is 4.46. The number of hydrogen-bond donors (Lipinski definition) is 0. The van der Waals surface area contributed by atoms with Crippen LogP contribution in [-0.2, 0) is 13.0 Å². The molecule has 0 saturated carbocycles. The lowest BCUT2D eigenvalue weighted by molar-refractivity contribution is 0.433. The molecule has 0 bridgehead atoms. The van der Waals surface area contributed by atoms with Crippen molar-refractivity contribution in [3.63, 3.8) is 0 Å². The van der Waals surface area contributed by atoms with E-state index in [9.17, 15) is 4.79 Å². The van der Waals surface area contributed by atoms with Crippen molar-refractivity contribution in [1.29, 1.82) is 0 Å². The minimum Gasteiger partial charge on any atom is -0.340 e. The Morgan fingerprint density at radius 1 is 0.548 bits per heavy atom. The van der Waals surface area contributed by atoms with Gasteiger partial charge in [-0.15, -0.1) is 5.10 Å². The molecule has 5 nitrogen and oxygen atoms in total. The van der Waals surface area contributed by atoms with Gasteiger partial charge in [-0.25, -0.2) is 4.68 Å². The van der Waals surface area contributed by atoms with Crippen LogP contribution in [0.5, 0.6) is 0 Å². The van der Waals surface area contributed by atoms with Gasteiger partial charge in [0.1, 0.15) is 5.52 Å². The van der Waals surface area contributed by atoms with Gasteiger partial charge in [-0.3, -0.25) is 4.79 Å². The van der Waals surface area contributed by atoms with Gasteiger partial charge in [0.15, 0.2) is 5.43 Å². The van der Waals surface area contributed by atoms with E-state index in [4.69, 9.17) is 0 Å². The quantitative estimate of drug-likeness (QED) is 0.0449. The molecular weight excluding hydrogens is 797 g/mol. The van der Waals surface area contributed by atoms with E-state index in [1.807, 2.05) is 57.9 Å². The van der Waals surface area contributed by atoms with E-state index in [1.54, 1.807) is 22.7 Å². The molecule has 0 fully saturated rings. The minimum atomic E-state index is 0.244. The molecule has 4 heterocycles. The Hall–Kier alpha value is -4.07. The monoisotopic (exact) mass is 875 g/mol. The van der Waals surface area contributed by atoms with Crippen LogP contribution in [-0.4, -0.2) is 19.6 Å². The Morgan fingerprint density at radius 2 is 1.06 bits per heavy atom. The molecule has 0 N–H and O–H groups in total. The highest BCUT2D eigenvalue weighted by Gasteiger charge is 2.16. The average Bonchev–Trinajstić information content (AvgIpc) is 4.15. The van der Waals surface area contributed by atoms with Crippen molar-refractivity contribution >= 4 is 44.6 Å². The van der Waals surface area contributed by atoms with E-state index < -0.39 is 0 Å². The summed E-state index contributed by atoms with van der Waals surface area (Å²) in [6.07, 6.45) is 28.4. The van der Waals surface area contributed by atoms with Crippen LogP contribution in [0.25, 0.3) is 33.2 Å². The molecular formula is C55H78N4OS2. The van der Waals surface area contributed by atoms with Crippen molar-refractivity contribution in [1.82, 2.24) is 19.6 Å². The Balaban J connectivity index is 0.000000231. The molecule has 2 aromatic carbocycles. The molecule has 0 saturated heterocycles. The lowest BCUT2D eigenvalue weighted by Crippen LogP contribution is -2.17. The van der Waals surface area contributed by atoms with E-state index >= 15 is 0 Å². The summed E-state index contributed by atoms with van der Waals surface area (Å²) in [5.41, 5.74) is 6.62. The van der Waals surface area contributed by atoms with Crippen LogP contribution in [0.1, 0.15) is 174 Å². The molecule has 0 amide bonds. The fourth-order valence-electron chi connectivity index (χ4n) is 8.10. The first-order chi connectivity index (χ1) is 30.6. The molecule has 0 spiro atoms. The summed E-state index contributed by atoms with van der Waals surface area (Å²) in [7, 11) is 0. The number of hydrogen-bond acceptors (Lipinski definition) is 5. The summed E-state index contributed by atoms with van der Waals surface area (Å²) in [6, 6.07) is 31.7. The maximum atomic E-state index is 13.3. The third-order valence-corrected chi connectivity index (χ3v) is 13.0. The number of unbranched alkanes of at least 4 members (excludes halogenated alkanes) is 17. The van der Waals surface area contributed by atoms with Crippen molar-refractivity contribution in [2.24, 2.45) is 0 Å². The van der Waals surface area contributed by atoms with Crippen LogP contribution < -0.4 is 5.43 Å². The summed E-state index contributed by atoms with van der Waals surface area (Å²) in [4.78, 5) is 13.3. The minimum absolute atomic E-state index is 0.244. The lowest BCUT2D eigenvalue weighted by atomic mass is 9.97. The molecule has 1 aliphatic carbocycles. The van der Waals surface area contributed by atoms with Gasteiger partial charge in [0, 0.05) is 23.2 Å². The van der Waals surface area contributed by atoms with E-state index in [0.717, 1.165) is 53.7 Å². The van der Waals surface area contributed by atoms with Crippen LogP contribution >= 0.6 is 22.7 Å². The van der Waals surface area contributed by atoms with Crippen molar-refractivity contribution in [2.45, 2.75) is 182 Å². The number of nitrogens with zero attached hydrogens (tertiary/aromatic N) is 4. The predicted octanol–water partition coefficient (Wildman–Crippen LogP) is 17.4. The smallest absolute Gasteiger partial charge is 0.191 e. The third-order valence-electron chi connectivity index (χ3n) is 11.7. The maximum Gasteiger partial charge on any atom is 0.191 e. The maximum absolute atomic E-state index is 13.3. The molecule has 7 heteroatoms. The second kappa shape index (κ2) is 31.7. The second-order valence-electron chi connectivity index (χ2n) is 16.8. The van der Waals surface area contributed by atoms with E-state index in [2.05, 4.69) is 102 Å². The largest absolute Gasteiger partial charge is 0.340 e. The molecule has 0 radical (unpaired) electrons. The Morgan fingerprint density at radius 3 is 1.65 bits per heavy atom. The van der Waals surface area contributed by atoms with Crippen LogP contribution in [0, 0.1) is 0 Å². The first kappa shape index (κ1) is 50.6.